The third-order valence-corrected chi connectivity index (χ3v) is 10.2. The summed E-state index contributed by atoms with van der Waals surface area (Å²) in [5, 5.41) is 2.37. The maximum Gasteiger partial charge on any atom is 0.164 e. The number of hydrogen-bond acceptors (Lipinski definition) is 4. The molecule has 0 aliphatic heterocycles. The molecule has 49 heavy (non-hydrogen) atoms. The molecule has 9 rings (SSSR count). The van der Waals surface area contributed by atoms with Crippen LogP contribution in [0.2, 0.25) is 0 Å². The van der Waals surface area contributed by atoms with Crippen molar-refractivity contribution in [2.75, 3.05) is 0 Å². The molecule has 3 nitrogen and oxygen atoms in total. The number of thiophene rings is 1. The molecule has 7 aromatic carbocycles. The van der Waals surface area contributed by atoms with E-state index in [0.717, 1.165) is 27.8 Å². The van der Waals surface area contributed by atoms with Crippen molar-refractivity contribution in [3.8, 4) is 67.5 Å². The first-order valence-electron chi connectivity index (χ1n) is 16.4. The lowest BCUT2D eigenvalue weighted by atomic mass is 9.98. The van der Waals surface area contributed by atoms with Crippen LogP contribution < -0.4 is 0 Å². The van der Waals surface area contributed by atoms with Crippen molar-refractivity contribution in [2.45, 2.75) is 0 Å². The number of hydrogen-bond donors (Lipinski definition) is 0. The lowest BCUT2D eigenvalue weighted by Gasteiger charge is -2.11. The molecule has 2 aromatic heterocycles. The lowest BCUT2D eigenvalue weighted by Crippen LogP contribution is -2.00. The Kier molecular flexibility index (Phi) is 7.34. The van der Waals surface area contributed by atoms with E-state index in [1.807, 2.05) is 35.6 Å². The molecule has 9 aromatic rings. The molecule has 0 amide bonds. The van der Waals surface area contributed by atoms with Crippen LogP contribution in [-0.2, 0) is 0 Å². The standard InChI is InChI=1S/C45H29N3S/c1-4-13-30(14-5-1)32-25-27-33(28-26-32)37-21-11-22-38-41-39(23-12-24-40(41)49-42(37)38)45-47-43(34-17-8-3-9-18-34)46-44(48-45)36-20-10-19-35(29-36)31-15-6-2-7-16-31/h1-29H. The summed E-state index contributed by atoms with van der Waals surface area (Å²) in [6.07, 6.45) is 0. The second kappa shape index (κ2) is 12.4. The Hall–Kier alpha value is -6.23. The fraction of sp³-hybridized carbons (Fsp3) is 0. The van der Waals surface area contributed by atoms with Gasteiger partial charge in [-0.1, -0.05) is 164 Å². The van der Waals surface area contributed by atoms with E-state index >= 15 is 0 Å². The molecule has 0 N–H and O–H groups in total. The second-order valence-electron chi connectivity index (χ2n) is 12.0. The summed E-state index contributed by atoms with van der Waals surface area (Å²) in [7, 11) is 0. The van der Waals surface area contributed by atoms with Crippen molar-refractivity contribution in [1.82, 2.24) is 15.0 Å². The Bertz CT molecular complexity index is 2580. The first-order chi connectivity index (χ1) is 24.3. The van der Waals surface area contributed by atoms with E-state index in [9.17, 15) is 0 Å². The van der Waals surface area contributed by atoms with Crippen molar-refractivity contribution in [3.05, 3.63) is 176 Å². The number of nitrogens with zero attached hydrogens (tertiary/aromatic N) is 3. The van der Waals surface area contributed by atoms with Gasteiger partial charge in [-0.25, -0.2) is 15.0 Å². The zero-order valence-electron chi connectivity index (χ0n) is 26.5. The topological polar surface area (TPSA) is 38.7 Å². The van der Waals surface area contributed by atoms with Crippen LogP contribution in [-0.4, -0.2) is 15.0 Å². The maximum atomic E-state index is 5.17. The van der Waals surface area contributed by atoms with Crippen LogP contribution >= 0.6 is 11.3 Å². The van der Waals surface area contributed by atoms with E-state index in [0.29, 0.717) is 17.5 Å². The third kappa shape index (κ3) is 5.48. The van der Waals surface area contributed by atoms with Gasteiger partial charge in [0.25, 0.3) is 0 Å². The number of rotatable bonds is 6. The first-order valence-corrected chi connectivity index (χ1v) is 17.2. The molecule has 0 atom stereocenters. The molecular weight excluding hydrogens is 615 g/mol. The minimum atomic E-state index is 0.650. The first kappa shape index (κ1) is 29.0. The molecule has 0 spiro atoms. The van der Waals surface area contributed by atoms with Crippen LogP contribution in [0.25, 0.3) is 87.7 Å². The second-order valence-corrected chi connectivity index (χ2v) is 13.1. The van der Waals surface area contributed by atoms with Gasteiger partial charge < -0.3 is 0 Å². The van der Waals surface area contributed by atoms with Gasteiger partial charge in [-0.05, 0) is 45.5 Å². The van der Waals surface area contributed by atoms with Gasteiger partial charge >= 0.3 is 0 Å². The molecule has 0 unspecified atom stereocenters. The highest BCUT2D eigenvalue weighted by Gasteiger charge is 2.18. The summed E-state index contributed by atoms with van der Waals surface area (Å²) in [5.41, 5.74) is 10.0. The minimum absolute atomic E-state index is 0.650. The Balaban J connectivity index is 1.20. The fourth-order valence-corrected chi connectivity index (χ4v) is 7.81. The van der Waals surface area contributed by atoms with Gasteiger partial charge in [0, 0.05) is 36.9 Å². The van der Waals surface area contributed by atoms with Gasteiger partial charge in [0.2, 0.25) is 0 Å². The highest BCUT2D eigenvalue weighted by Crippen LogP contribution is 2.44. The van der Waals surface area contributed by atoms with Gasteiger partial charge in [-0.3, -0.25) is 0 Å². The molecule has 230 valence electrons. The van der Waals surface area contributed by atoms with Crippen LogP contribution in [0, 0.1) is 0 Å². The van der Waals surface area contributed by atoms with Crippen molar-refractivity contribution in [1.29, 1.82) is 0 Å². The molecule has 2 heterocycles. The van der Waals surface area contributed by atoms with Gasteiger partial charge in [0.1, 0.15) is 0 Å². The van der Waals surface area contributed by atoms with E-state index < -0.39 is 0 Å². The Morgan fingerprint density at radius 3 is 1.53 bits per heavy atom. The third-order valence-electron chi connectivity index (χ3n) is 8.96. The number of benzene rings is 7. The molecule has 0 fully saturated rings. The summed E-state index contributed by atoms with van der Waals surface area (Å²) >= 11 is 1.82. The zero-order chi connectivity index (χ0) is 32.6. The Labute approximate surface area is 288 Å². The normalized spacial score (nSPS) is 11.3. The quantitative estimate of drug-likeness (QED) is 0.181. The molecule has 0 radical (unpaired) electrons. The number of aromatic nitrogens is 3. The van der Waals surface area contributed by atoms with Crippen molar-refractivity contribution < 1.29 is 0 Å². The molecular formula is C45H29N3S. The van der Waals surface area contributed by atoms with Crippen molar-refractivity contribution in [3.63, 3.8) is 0 Å². The number of fused-ring (bicyclic) bond motifs is 3. The molecule has 0 saturated carbocycles. The fourth-order valence-electron chi connectivity index (χ4n) is 6.54. The molecule has 0 aliphatic carbocycles. The predicted octanol–water partition coefficient (Wildman–Crippen LogP) is 12.2. The zero-order valence-corrected chi connectivity index (χ0v) is 27.3. The van der Waals surface area contributed by atoms with Crippen LogP contribution in [0.3, 0.4) is 0 Å². The molecule has 0 bridgehead atoms. The largest absolute Gasteiger partial charge is 0.208 e. The molecule has 0 aliphatic rings. The Morgan fingerprint density at radius 1 is 0.327 bits per heavy atom. The smallest absolute Gasteiger partial charge is 0.164 e. The lowest BCUT2D eigenvalue weighted by molar-refractivity contribution is 1.08. The SMILES string of the molecule is c1ccc(-c2ccc(-c3cccc4c3sc3cccc(-c5nc(-c6ccccc6)nc(-c6cccc(-c7ccccc7)c6)n5)c34)cc2)cc1. The summed E-state index contributed by atoms with van der Waals surface area (Å²) in [6.45, 7) is 0. The predicted molar refractivity (Wildman–Crippen MR) is 205 cm³/mol. The highest BCUT2D eigenvalue weighted by atomic mass is 32.1. The summed E-state index contributed by atoms with van der Waals surface area (Å²) < 4.78 is 2.46. The van der Waals surface area contributed by atoms with Gasteiger partial charge in [0.15, 0.2) is 17.5 Å². The van der Waals surface area contributed by atoms with Gasteiger partial charge in [-0.2, -0.15) is 0 Å². The highest BCUT2D eigenvalue weighted by molar-refractivity contribution is 7.26. The van der Waals surface area contributed by atoms with E-state index in [1.165, 1.54) is 42.4 Å². The van der Waals surface area contributed by atoms with Gasteiger partial charge in [-0.15, -0.1) is 11.3 Å². The minimum Gasteiger partial charge on any atom is -0.208 e. The Morgan fingerprint density at radius 2 is 0.816 bits per heavy atom. The van der Waals surface area contributed by atoms with Crippen LogP contribution in [0.5, 0.6) is 0 Å². The van der Waals surface area contributed by atoms with Crippen molar-refractivity contribution in [2.24, 2.45) is 0 Å². The summed E-state index contributed by atoms with van der Waals surface area (Å²) in [5.74, 6) is 1.97. The van der Waals surface area contributed by atoms with Crippen LogP contribution in [0.4, 0.5) is 0 Å². The van der Waals surface area contributed by atoms with E-state index in [4.69, 9.17) is 15.0 Å². The van der Waals surface area contributed by atoms with Crippen LogP contribution in [0.1, 0.15) is 0 Å². The van der Waals surface area contributed by atoms with E-state index in [2.05, 4.69) is 152 Å². The summed E-state index contributed by atoms with van der Waals surface area (Å²) in [6, 6.07) is 61.5. The average Bonchev–Trinajstić information content (AvgIpc) is 3.58. The van der Waals surface area contributed by atoms with E-state index in [1.54, 1.807) is 0 Å². The average molecular weight is 644 g/mol. The van der Waals surface area contributed by atoms with Crippen molar-refractivity contribution >= 4 is 31.5 Å². The monoisotopic (exact) mass is 643 g/mol. The molecule has 4 heteroatoms. The van der Waals surface area contributed by atoms with Gasteiger partial charge in [0.05, 0.1) is 0 Å². The maximum absolute atomic E-state index is 5.17. The van der Waals surface area contributed by atoms with Crippen LogP contribution in [0.15, 0.2) is 176 Å². The summed E-state index contributed by atoms with van der Waals surface area (Å²) in [4.78, 5) is 15.3. The molecule has 0 saturated heterocycles. The van der Waals surface area contributed by atoms with E-state index in [-0.39, 0.29) is 0 Å².